The van der Waals surface area contributed by atoms with Gasteiger partial charge < -0.3 is 14.5 Å². The Morgan fingerprint density at radius 3 is 2.52 bits per heavy atom. The van der Waals surface area contributed by atoms with Crippen molar-refractivity contribution in [2.24, 2.45) is 0 Å². The number of benzene rings is 2. The second-order valence-electron chi connectivity index (χ2n) is 7.29. The van der Waals surface area contributed by atoms with E-state index >= 15 is 0 Å². The van der Waals surface area contributed by atoms with Crippen LogP contribution >= 0.6 is 22.9 Å². The average molecular weight is 401 g/mol. The molecule has 142 valence electrons. The fourth-order valence-corrected chi connectivity index (χ4v) is 4.92. The van der Waals surface area contributed by atoms with Gasteiger partial charge in [0.1, 0.15) is 12.4 Å². The normalized spacial score (nSPS) is 15.5. The van der Waals surface area contributed by atoms with Crippen LogP contribution in [-0.4, -0.2) is 38.1 Å². The first-order chi connectivity index (χ1) is 13.0. The van der Waals surface area contributed by atoms with Crippen LogP contribution < -0.4 is 9.64 Å². The first-order valence-electron chi connectivity index (χ1n) is 9.36. The first-order valence-corrected chi connectivity index (χ1v) is 10.6. The van der Waals surface area contributed by atoms with Gasteiger partial charge in [-0.2, -0.15) is 0 Å². The summed E-state index contributed by atoms with van der Waals surface area (Å²) >= 11 is 7.88. The lowest BCUT2D eigenvalue weighted by Gasteiger charge is -2.34. The van der Waals surface area contributed by atoms with Gasteiger partial charge >= 0.3 is 0 Å². The standard InChI is InChI=1S/C22H25ClN2OS/c1-15-16(2)22(23)27-21(15)14-26-18-8-7-17-5-4-6-20(19(17)13-18)25-11-9-24(3)10-12-25/h4-8,13H,9-12,14H2,1-3H3. The lowest BCUT2D eigenvalue weighted by Crippen LogP contribution is -2.44. The van der Waals surface area contributed by atoms with Crippen molar-refractivity contribution in [3.05, 3.63) is 56.7 Å². The maximum absolute atomic E-state index is 6.27. The minimum Gasteiger partial charge on any atom is -0.488 e. The Morgan fingerprint density at radius 2 is 1.81 bits per heavy atom. The molecule has 0 radical (unpaired) electrons. The van der Waals surface area contributed by atoms with E-state index in [-0.39, 0.29) is 0 Å². The summed E-state index contributed by atoms with van der Waals surface area (Å²) in [6.45, 7) is 9.07. The monoisotopic (exact) mass is 400 g/mol. The largest absolute Gasteiger partial charge is 0.488 e. The van der Waals surface area contributed by atoms with E-state index in [0.29, 0.717) is 6.61 Å². The number of anilines is 1. The molecule has 1 aliphatic rings. The highest BCUT2D eigenvalue weighted by Crippen LogP contribution is 2.34. The van der Waals surface area contributed by atoms with Crippen molar-refractivity contribution in [1.29, 1.82) is 0 Å². The zero-order chi connectivity index (χ0) is 19.0. The summed E-state index contributed by atoms with van der Waals surface area (Å²) in [5.41, 5.74) is 3.71. The van der Waals surface area contributed by atoms with Gasteiger partial charge in [0.25, 0.3) is 0 Å². The van der Waals surface area contributed by atoms with Crippen LogP contribution in [0.5, 0.6) is 5.75 Å². The first kappa shape index (κ1) is 18.6. The van der Waals surface area contributed by atoms with Crippen LogP contribution in [0.1, 0.15) is 16.0 Å². The Kier molecular flexibility index (Phi) is 5.31. The summed E-state index contributed by atoms with van der Waals surface area (Å²) in [5.74, 6) is 0.908. The van der Waals surface area contributed by atoms with E-state index in [1.807, 2.05) is 0 Å². The maximum atomic E-state index is 6.27. The molecule has 0 bridgehead atoms. The van der Waals surface area contributed by atoms with Crippen LogP contribution in [0.3, 0.4) is 0 Å². The number of halogens is 1. The summed E-state index contributed by atoms with van der Waals surface area (Å²) in [4.78, 5) is 6.07. The van der Waals surface area contributed by atoms with E-state index in [1.54, 1.807) is 11.3 Å². The Hall–Kier alpha value is -1.75. The smallest absolute Gasteiger partial charge is 0.123 e. The van der Waals surface area contributed by atoms with Crippen LogP contribution in [0.15, 0.2) is 36.4 Å². The number of rotatable bonds is 4. The molecule has 0 saturated carbocycles. The maximum Gasteiger partial charge on any atom is 0.123 e. The van der Waals surface area contributed by atoms with Gasteiger partial charge in [0.05, 0.1) is 4.34 Å². The van der Waals surface area contributed by atoms with Crippen LogP contribution in [0, 0.1) is 13.8 Å². The molecule has 0 aliphatic carbocycles. The second kappa shape index (κ2) is 7.70. The van der Waals surface area contributed by atoms with Crippen molar-refractivity contribution < 1.29 is 4.74 Å². The highest BCUT2D eigenvalue weighted by atomic mass is 35.5. The molecule has 0 N–H and O–H groups in total. The van der Waals surface area contributed by atoms with Crippen molar-refractivity contribution in [2.75, 3.05) is 38.1 Å². The molecule has 5 heteroatoms. The predicted octanol–water partition coefficient (Wildman–Crippen LogP) is 5.50. The number of ether oxygens (including phenoxy) is 1. The van der Waals surface area contributed by atoms with E-state index in [2.05, 4.69) is 67.1 Å². The van der Waals surface area contributed by atoms with Crippen LogP contribution in [0.4, 0.5) is 5.69 Å². The number of thiophene rings is 1. The molecule has 1 fully saturated rings. The SMILES string of the molecule is Cc1c(Cl)sc(COc2ccc3cccc(N4CCN(C)CC4)c3c2)c1C. The third-order valence-corrected chi connectivity index (χ3v) is 7.20. The second-order valence-corrected chi connectivity index (χ2v) is 9.00. The lowest BCUT2D eigenvalue weighted by molar-refractivity contribution is 0.309. The van der Waals surface area contributed by atoms with E-state index in [1.165, 1.54) is 26.9 Å². The Balaban J connectivity index is 1.59. The van der Waals surface area contributed by atoms with Gasteiger partial charge in [-0.25, -0.2) is 0 Å². The molecular weight excluding hydrogens is 376 g/mol. The molecule has 27 heavy (non-hydrogen) atoms. The average Bonchev–Trinajstić information content (AvgIpc) is 2.93. The van der Waals surface area contributed by atoms with Gasteiger partial charge in [-0.1, -0.05) is 29.8 Å². The Morgan fingerprint density at radius 1 is 1.04 bits per heavy atom. The molecule has 3 nitrogen and oxygen atoms in total. The number of hydrogen-bond acceptors (Lipinski definition) is 4. The highest BCUT2D eigenvalue weighted by Gasteiger charge is 2.17. The fraction of sp³-hybridized carbons (Fsp3) is 0.364. The molecular formula is C22H25ClN2OS. The number of nitrogens with zero attached hydrogens (tertiary/aromatic N) is 2. The van der Waals surface area contributed by atoms with Crippen LogP contribution in [-0.2, 0) is 6.61 Å². The molecule has 1 saturated heterocycles. The van der Waals surface area contributed by atoms with Gasteiger partial charge in [-0.3, -0.25) is 0 Å². The van der Waals surface area contributed by atoms with Crippen LogP contribution in [0.25, 0.3) is 10.8 Å². The quantitative estimate of drug-likeness (QED) is 0.574. The zero-order valence-electron chi connectivity index (χ0n) is 16.1. The predicted molar refractivity (Wildman–Crippen MR) is 117 cm³/mol. The molecule has 0 spiro atoms. The molecule has 0 atom stereocenters. The van der Waals surface area contributed by atoms with Gasteiger partial charge in [0.15, 0.2) is 0 Å². The summed E-state index contributed by atoms with van der Waals surface area (Å²) in [6.07, 6.45) is 0. The van der Waals surface area contributed by atoms with Crippen molar-refractivity contribution in [3.8, 4) is 5.75 Å². The van der Waals surface area contributed by atoms with E-state index < -0.39 is 0 Å². The molecule has 1 aromatic heterocycles. The van der Waals surface area contributed by atoms with Crippen molar-refractivity contribution in [2.45, 2.75) is 20.5 Å². The molecule has 2 aromatic carbocycles. The van der Waals surface area contributed by atoms with Crippen molar-refractivity contribution in [3.63, 3.8) is 0 Å². The summed E-state index contributed by atoms with van der Waals surface area (Å²) in [6, 6.07) is 12.9. The number of hydrogen-bond donors (Lipinski definition) is 0. The summed E-state index contributed by atoms with van der Waals surface area (Å²) < 4.78 is 7.00. The van der Waals surface area contributed by atoms with E-state index in [0.717, 1.165) is 41.8 Å². The molecule has 4 rings (SSSR count). The van der Waals surface area contributed by atoms with E-state index in [9.17, 15) is 0 Å². The van der Waals surface area contributed by atoms with Crippen molar-refractivity contribution >= 4 is 39.4 Å². The Bertz CT molecular complexity index is 960. The molecule has 2 heterocycles. The van der Waals surface area contributed by atoms with Crippen LogP contribution in [0.2, 0.25) is 4.34 Å². The minimum atomic E-state index is 0.562. The van der Waals surface area contributed by atoms with Gasteiger partial charge in [-0.05, 0) is 55.6 Å². The topological polar surface area (TPSA) is 15.7 Å². The number of likely N-dealkylation sites (N-methyl/N-ethyl adjacent to an activating group) is 1. The van der Waals surface area contributed by atoms with Gasteiger partial charge in [0, 0.05) is 42.1 Å². The summed E-state index contributed by atoms with van der Waals surface area (Å²) in [5, 5.41) is 2.52. The molecule has 0 unspecified atom stereocenters. The third-order valence-electron chi connectivity index (χ3n) is 5.53. The molecule has 1 aliphatic heterocycles. The zero-order valence-corrected chi connectivity index (χ0v) is 17.7. The van der Waals surface area contributed by atoms with Gasteiger partial charge in [0.2, 0.25) is 0 Å². The highest BCUT2D eigenvalue weighted by molar-refractivity contribution is 7.16. The number of fused-ring (bicyclic) bond motifs is 1. The third kappa shape index (κ3) is 3.79. The minimum absolute atomic E-state index is 0.562. The molecule has 3 aromatic rings. The Labute approximate surface area is 170 Å². The lowest BCUT2D eigenvalue weighted by atomic mass is 10.1. The van der Waals surface area contributed by atoms with Gasteiger partial charge in [-0.15, -0.1) is 11.3 Å². The summed E-state index contributed by atoms with van der Waals surface area (Å²) in [7, 11) is 2.19. The van der Waals surface area contributed by atoms with E-state index in [4.69, 9.17) is 16.3 Å². The van der Waals surface area contributed by atoms with Crippen molar-refractivity contribution in [1.82, 2.24) is 4.90 Å². The number of piperazine rings is 1. The fourth-order valence-electron chi connectivity index (χ4n) is 3.55. The molecule has 0 amide bonds.